The van der Waals surface area contributed by atoms with Gasteiger partial charge in [0.15, 0.2) is 11.5 Å². The average molecular weight is 405 g/mol. The molecule has 1 saturated carbocycles. The highest BCUT2D eigenvalue weighted by molar-refractivity contribution is 5.74. The summed E-state index contributed by atoms with van der Waals surface area (Å²) in [5, 5.41) is 3.01. The molecule has 4 rings (SSSR count). The zero-order chi connectivity index (χ0) is 20.6. The molecular formula is C20H22F3N5O. The molecule has 1 atom stereocenters. The van der Waals surface area contributed by atoms with Gasteiger partial charge < -0.3 is 10.2 Å². The van der Waals surface area contributed by atoms with Gasteiger partial charge >= 0.3 is 6.18 Å². The molecule has 154 valence electrons. The van der Waals surface area contributed by atoms with Crippen molar-refractivity contribution in [2.24, 2.45) is 0 Å². The Morgan fingerprint density at radius 2 is 1.90 bits per heavy atom. The maximum absolute atomic E-state index is 13.6. The van der Waals surface area contributed by atoms with Crippen LogP contribution < -0.4 is 10.2 Å². The molecule has 9 heteroatoms. The van der Waals surface area contributed by atoms with Gasteiger partial charge in [0.1, 0.15) is 5.82 Å². The number of nitrogens with zero attached hydrogens (tertiary/aromatic N) is 4. The summed E-state index contributed by atoms with van der Waals surface area (Å²) in [6, 6.07) is 4.11. The molecule has 2 fully saturated rings. The molecule has 6 nitrogen and oxygen atoms in total. The first-order valence-electron chi connectivity index (χ1n) is 9.71. The zero-order valence-electron chi connectivity index (χ0n) is 16.0. The summed E-state index contributed by atoms with van der Waals surface area (Å²) in [4.78, 5) is 25.8. The van der Waals surface area contributed by atoms with Gasteiger partial charge in [-0.2, -0.15) is 13.2 Å². The summed E-state index contributed by atoms with van der Waals surface area (Å²) in [6.07, 6.45) is 2.66. The normalized spacial score (nSPS) is 21.0. The van der Waals surface area contributed by atoms with Crippen LogP contribution in [0.15, 0.2) is 30.6 Å². The van der Waals surface area contributed by atoms with Crippen LogP contribution in [0.3, 0.4) is 0 Å². The summed E-state index contributed by atoms with van der Waals surface area (Å²) in [5.74, 6) is 0.154. The minimum atomic E-state index is -4.58. The second kappa shape index (κ2) is 7.27. The Labute approximate surface area is 166 Å². The van der Waals surface area contributed by atoms with Crippen molar-refractivity contribution in [2.75, 3.05) is 11.4 Å². The maximum Gasteiger partial charge on any atom is 0.433 e. The van der Waals surface area contributed by atoms with E-state index in [0.29, 0.717) is 18.5 Å². The molecule has 1 saturated heterocycles. The number of hydrogen-bond donors (Lipinski definition) is 1. The molecule has 1 aliphatic heterocycles. The largest absolute Gasteiger partial charge is 0.433 e. The predicted molar refractivity (Wildman–Crippen MR) is 101 cm³/mol. The first-order chi connectivity index (χ1) is 13.8. The van der Waals surface area contributed by atoms with Crippen LogP contribution in [0, 0.1) is 0 Å². The fraction of sp³-hybridized carbons (Fsp3) is 0.500. The van der Waals surface area contributed by atoms with E-state index in [0.717, 1.165) is 31.7 Å². The lowest BCUT2D eigenvalue weighted by molar-refractivity contribution is -0.141. The van der Waals surface area contributed by atoms with Crippen LogP contribution in [0.1, 0.15) is 44.7 Å². The van der Waals surface area contributed by atoms with Gasteiger partial charge in [-0.15, -0.1) is 0 Å². The minimum Gasteiger partial charge on any atom is -0.351 e. The van der Waals surface area contributed by atoms with E-state index in [1.807, 2.05) is 4.90 Å². The van der Waals surface area contributed by atoms with Crippen LogP contribution in [0.25, 0.3) is 11.4 Å². The van der Waals surface area contributed by atoms with Gasteiger partial charge in [-0.3, -0.25) is 9.78 Å². The fourth-order valence-electron chi connectivity index (χ4n) is 4.69. The van der Waals surface area contributed by atoms with Crippen molar-refractivity contribution < 1.29 is 18.0 Å². The topological polar surface area (TPSA) is 71.0 Å². The quantitative estimate of drug-likeness (QED) is 0.845. The van der Waals surface area contributed by atoms with Crippen LogP contribution in [0.4, 0.5) is 19.0 Å². The monoisotopic (exact) mass is 405 g/mol. The molecule has 1 unspecified atom stereocenters. The average Bonchev–Trinajstić information content (AvgIpc) is 3.30. The number of carbonyl (C=O) groups excluding carboxylic acids is 1. The molecule has 0 radical (unpaired) electrons. The Morgan fingerprint density at radius 3 is 2.52 bits per heavy atom. The second-order valence-corrected chi connectivity index (χ2v) is 7.67. The SMILES string of the molecule is CC(=O)NC1CCN(c2cc(C(F)(F)F)nc(-c3ccncc3)n2)C12CCCC2. The number of carbonyl (C=O) groups is 1. The standard InChI is InChI=1S/C20H22F3N5O/c1-13(29)25-15-6-11-28(19(15)7-2-3-8-19)17-12-16(20(21,22)23)26-18(27-17)14-4-9-24-10-5-14/h4-5,9-10,12,15H,2-3,6-8,11H2,1H3,(H,25,29). The van der Waals surface area contributed by atoms with E-state index < -0.39 is 17.4 Å². The highest BCUT2D eigenvalue weighted by Gasteiger charge is 2.51. The number of rotatable bonds is 3. The Hall–Kier alpha value is -2.71. The first-order valence-corrected chi connectivity index (χ1v) is 9.71. The number of aromatic nitrogens is 3. The van der Waals surface area contributed by atoms with E-state index in [1.165, 1.54) is 19.3 Å². The minimum absolute atomic E-state index is 0.0216. The smallest absolute Gasteiger partial charge is 0.351 e. The van der Waals surface area contributed by atoms with Crippen molar-refractivity contribution in [3.8, 4) is 11.4 Å². The van der Waals surface area contributed by atoms with Gasteiger partial charge in [-0.25, -0.2) is 9.97 Å². The Morgan fingerprint density at radius 1 is 1.21 bits per heavy atom. The number of amides is 1. The second-order valence-electron chi connectivity index (χ2n) is 7.67. The number of halogens is 3. The third kappa shape index (κ3) is 3.65. The van der Waals surface area contributed by atoms with E-state index in [9.17, 15) is 18.0 Å². The summed E-state index contributed by atoms with van der Waals surface area (Å²) < 4.78 is 40.8. The molecule has 0 bridgehead atoms. The van der Waals surface area contributed by atoms with Gasteiger partial charge in [-0.1, -0.05) is 12.8 Å². The van der Waals surface area contributed by atoms with Crippen LogP contribution >= 0.6 is 0 Å². The van der Waals surface area contributed by atoms with E-state index in [4.69, 9.17) is 0 Å². The summed E-state index contributed by atoms with van der Waals surface area (Å²) in [6.45, 7) is 2.01. The Bertz CT molecular complexity index is 897. The van der Waals surface area contributed by atoms with E-state index in [2.05, 4.69) is 20.3 Å². The molecular weight excluding hydrogens is 383 g/mol. The number of pyridine rings is 1. The number of anilines is 1. The number of alkyl halides is 3. The molecule has 2 aromatic heterocycles. The molecule has 2 aliphatic rings. The summed E-state index contributed by atoms with van der Waals surface area (Å²) >= 11 is 0. The van der Waals surface area contributed by atoms with Crippen molar-refractivity contribution in [1.82, 2.24) is 20.3 Å². The molecule has 1 amide bonds. The number of nitrogens with one attached hydrogen (secondary N) is 1. The fourth-order valence-corrected chi connectivity index (χ4v) is 4.69. The highest BCUT2D eigenvalue weighted by atomic mass is 19.4. The first kappa shape index (κ1) is 19.6. The van der Waals surface area contributed by atoms with E-state index in [1.54, 1.807) is 12.1 Å². The third-order valence-electron chi connectivity index (χ3n) is 5.89. The molecule has 1 aliphatic carbocycles. The summed E-state index contributed by atoms with van der Waals surface area (Å²) in [5.41, 5.74) is -0.894. The molecule has 1 N–H and O–H groups in total. The number of hydrogen-bond acceptors (Lipinski definition) is 5. The van der Waals surface area contributed by atoms with Crippen LogP contribution in [-0.2, 0) is 11.0 Å². The lowest BCUT2D eigenvalue weighted by atomic mass is 9.89. The molecule has 3 heterocycles. The van der Waals surface area contributed by atoms with Crippen molar-refractivity contribution >= 4 is 11.7 Å². The lowest BCUT2D eigenvalue weighted by Gasteiger charge is -2.40. The van der Waals surface area contributed by atoms with Crippen molar-refractivity contribution in [1.29, 1.82) is 0 Å². The lowest BCUT2D eigenvalue weighted by Crippen LogP contribution is -2.55. The zero-order valence-corrected chi connectivity index (χ0v) is 16.0. The third-order valence-corrected chi connectivity index (χ3v) is 5.89. The van der Waals surface area contributed by atoms with Crippen molar-refractivity contribution in [2.45, 2.75) is 56.8 Å². The summed E-state index contributed by atoms with van der Waals surface area (Å²) in [7, 11) is 0. The highest BCUT2D eigenvalue weighted by Crippen LogP contribution is 2.46. The van der Waals surface area contributed by atoms with Gasteiger partial charge in [-0.05, 0) is 31.4 Å². The van der Waals surface area contributed by atoms with E-state index >= 15 is 0 Å². The molecule has 2 aromatic rings. The van der Waals surface area contributed by atoms with Gasteiger partial charge in [0.25, 0.3) is 0 Å². The van der Waals surface area contributed by atoms with Crippen molar-refractivity contribution in [3.05, 3.63) is 36.3 Å². The molecule has 0 aromatic carbocycles. The molecule has 1 spiro atoms. The van der Waals surface area contributed by atoms with Crippen LogP contribution in [0.2, 0.25) is 0 Å². The molecule has 29 heavy (non-hydrogen) atoms. The van der Waals surface area contributed by atoms with E-state index in [-0.39, 0.29) is 23.6 Å². The van der Waals surface area contributed by atoms with Gasteiger partial charge in [0.2, 0.25) is 5.91 Å². The Balaban J connectivity index is 1.80. The van der Waals surface area contributed by atoms with Crippen LogP contribution in [0.5, 0.6) is 0 Å². The van der Waals surface area contributed by atoms with Gasteiger partial charge in [0.05, 0.1) is 11.6 Å². The van der Waals surface area contributed by atoms with Crippen LogP contribution in [-0.4, -0.2) is 39.0 Å². The predicted octanol–water partition coefficient (Wildman–Crippen LogP) is 3.59. The van der Waals surface area contributed by atoms with Gasteiger partial charge in [0, 0.05) is 37.5 Å². The maximum atomic E-state index is 13.6. The van der Waals surface area contributed by atoms with Crippen molar-refractivity contribution in [3.63, 3.8) is 0 Å². The Kier molecular flexibility index (Phi) is 4.92.